The van der Waals surface area contributed by atoms with Gasteiger partial charge >= 0.3 is 57.4 Å². The van der Waals surface area contributed by atoms with Crippen LogP contribution < -0.4 is 67.1 Å². The molecule has 0 aliphatic carbocycles. The molecule has 0 aromatic heterocycles. The number of phenols is 1. The van der Waals surface area contributed by atoms with E-state index in [4.69, 9.17) is 0 Å². The van der Waals surface area contributed by atoms with Crippen molar-refractivity contribution in [1.29, 1.82) is 0 Å². The molecule has 2 amide bonds. The number of benzene rings is 1. The number of aromatic hydroxyl groups is 1. The van der Waals surface area contributed by atoms with Gasteiger partial charge in [0.15, 0.2) is 0 Å². The average molecular weight is 502 g/mol. The number of allylic oxidation sites excluding steroid dienone is 1. The standard InChI is InChI=1S/C21H25N3O7S.K/c1-10(9-13(26)31-4)22-14(11-5-7-12(25)8-6-11)17(27)23-15-18(28)24-16(20(29)30)21(2,3)32-19(15)24;/h5-9,14-16,19,22,25H,1-4H3,(H,23,27)(H,29,30);/q;+1/p-1/t14?,15-,16+,19-;/m1./s1. The number of esters is 1. The van der Waals surface area contributed by atoms with Crippen LogP contribution in [0.4, 0.5) is 0 Å². The van der Waals surface area contributed by atoms with Crippen LogP contribution in [0.3, 0.4) is 0 Å². The van der Waals surface area contributed by atoms with Crippen molar-refractivity contribution < 1.29 is 85.5 Å². The zero-order valence-electron chi connectivity index (χ0n) is 18.9. The second-order valence-electron chi connectivity index (χ2n) is 8.08. The monoisotopic (exact) mass is 501 g/mol. The van der Waals surface area contributed by atoms with Gasteiger partial charge in [-0.2, -0.15) is 0 Å². The van der Waals surface area contributed by atoms with E-state index in [9.17, 15) is 29.4 Å². The number of thioether (sulfide) groups is 1. The zero-order chi connectivity index (χ0) is 23.8. The molecule has 2 aliphatic rings. The molecule has 1 aromatic rings. The normalized spacial score (nSPS) is 24.0. The number of amides is 2. The third-order valence-electron chi connectivity index (χ3n) is 5.36. The molecule has 3 rings (SSSR count). The molecule has 1 unspecified atom stereocenters. The fraction of sp³-hybridized carbons (Fsp3) is 0.429. The molecule has 10 nitrogen and oxygen atoms in total. The zero-order valence-corrected chi connectivity index (χ0v) is 22.9. The molecule has 1 aromatic carbocycles. The van der Waals surface area contributed by atoms with Gasteiger partial charge in [-0.05, 0) is 38.5 Å². The van der Waals surface area contributed by atoms with Gasteiger partial charge in [0.25, 0.3) is 0 Å². The van der Waals surface area contributed by atoms with Crippen molar-refractivity contribution in [2.24, 2.45) is 0 Å². The number of carboxylic acid groups (broad SMARTS) is 1. The average Bonchev–Trinajstić information content (AvgIpc) is 2.98. The van der Waals surface area contributed by atoms with E-state index in [0.29, 0.717) is 11.3 Å². The Morgan fingerprint density at radius 3 is 2.42 bits per heavy atom. The molecular formula is C21H24KN3O7S. The van der Waals surface area contributed by atoms with Crippen molar-refractivity contribution in [1.82, 2.24) is 15.5 Å². The van der Waals surface area contributed by atoms with Gasteiger partial charge in [-0.25, -0.2) is 4.79 Å². The van der Waals surface area contributed by atoms with E-state index in [0.717, 1.165) is 0 Å². The summed E-state index contributed by atoms with van der Waals surface area (Å²) >= 11 is 1.29. The van der Waals surface area contributed by atoms with Crippen LogP contribution in [0.15, 0.2) is 36.0 Å². The Hall–Kier alpha value is -1.57. The van der Waals surface area contributed by atoms with Crippen LogP contribution in [0.5, 0.6) is 5.75 Å². The van der Waals surface area contributed by atoms with Crippen LogP contribution >= 0.6 is 11.8 Å². The van der Waals surface area contributed by atoms with Gasteiger partial charge in [0.2, 0.25) is 11.8 Å². The first-order valence-corrected chi connectivity index (χ1v) is 10.7. The van der Waals surface area contributed by atoms with E-state index in [2.05, 4.69) is 15.4 Å². The molecule has 2 heterocycles. The van der Waals surface area contributed by atoms with Gasteiger partial charge in [-0.3, -0.25) is 9.59 Å². The van der Waals surface area contributed by atoms with Crippen LogP contribution in [-0.2, 0) is 23.9 Å². The topological polar surface area (TPSA) is 148 Å². The van der Waals surface area contributed by atoms with Gasteiger partial charge in [0.05, 0.1) is 19.1 Å². The molecule has 0 saturated carbocycles. The number of methoxy groups -OCH3 is 1. The van der Waals surface area contributed by atoms with E-state index in [1.165, 1.54) is 54.1 Å². The first-order valence-electron chi connectivity index (χ1n) is 9.79. The van der Waals surface area contributed by atoms with Crippen LogP contribution in [0.25, 0.3) is 0 Å². The number of fused-ring (bicyclic) bond motifs is 1. The van der Waals surface area contributed by atoms with Crippen molar-refractivity contribution in [3.63, 3.8) is 0 Å². The molecule has 0 radical (unpaired) electrons. The number of phenolic OH excluding ortho intramolecular Hbond substituents is 1. The van der Waals surface area contributed by atoms with Gasteiger partial charge < -0.3 is 35.3 Å². The van der Waals surface area contributed by atoms with Crippen LogP contribution in [0.2, 0.25) is 0 Å². The summed E-state index contributed by atoms with van der Waals surface area (Å²) < 4.78 is 3.82. The summed E-state index contributed by atoms with van der Waals surface area (Å²) in [6.45, 7) is 5.00. The van der Waals surface area contributed by atoms with Crippen molar-refractivity contribution in [2.45, 2.75) is 49.0 Å². The van der Waals surface area contributed by atoms with Crippen LogP contribution in [-0.4, -0.2) is 63.1 Å². The second-order valence-corrected chi connectivity index (χ2v) is 9.86. The summed E-state index contributed by atoms with van der Waals surface area (Å²) in [6.07, 6.45) is 1.18. The minimum absolute atomic E-state index is 0. The van der Waals surface area contributed by atoms with Gasteiger partial charge in [-0.1, -0.05) is 12.1 Å². The Morgan fingerprint density at radius 1 is 1.27 bits per heavy atom. The summed E-state index contributed by atoms with van der Waals surface area (Å²) in [5, 5.41) is 26.2. The molecule has 3 N–H and O–H groups in total. The smallest absolute Gasteiger partial charge is 0.548 e. The summed E-state index contributed by atoms with van der Waals surface area (Å²) in [6, 6.07) is 2.91. The first kappa shape index (κ1) is 27.7. The van der Waals surface area contributed by atoms with Crippen LogP contribution in [0.1, 0.15) is 32.4 Å². The predicted molar refractivity (Wildman–Crippen MR) is 113 cm³/mol. The number of hydrogen-bond donors (Lipinski definition) is 3. The fourth-order valence-electron chi connectivity index (χ4n) is 3.84. The number of aliphatic carboxylic acids is 1. The Kier molecular flexibility index (Phi) is 9.04. The Labute approximate surface area is 237 Å². The fourth-order valence-corrected chi connectivity index (χ4v) is 5.46. The molecular weight excluding hydrogens is 477 g/mol. The molecule has 4 atom stereocenters. The molecule has 2 saturated heterocycles. The third kappa shape index (κ3) is 5.74. The summed E-state index contributed by atoms with van der Waals surface area (Å²) in [5.41, 5.74) is 0.827. The van der Waals surface area contributed by atoms with Gasteiger partial charge in [-0.15, -0.1) is 11.8 Å². The number of carboxylic acids is 1. The maximum absolute atomic E-state index is 13.1. The van der Waals surface area contributed by atoms with Crippen molar-refractivity contribution in [3.05, 3.63) is 41.6 Å². The van der Waals surface area contributed by atoms with Crippen molar-refractivity contribution in [3.8, 4) is 5.75 Å². The molecule has 33 heavy (non-hydrogen) atoms. The molecule has 2 fully saturated rings. The number of ether oxygens (including phenoxy) is 1. The predicted octanol–water partition coefficient (Wildman–Crippen LogP) is -3.60. The molecule has 172 valence electrons. The van der Waals surface area contributed by atoms with E-state index in [1.807, 2.05) is 0 Å². The first-order chi connectivity index (χ1) is 15.0. The maximum atomic E-state index is 13.1. The largest absolute Gasteiger partial charge is 1.00 e. The van der Waals surface area contributed by atoms with E-state index in [-0.39, 0.29) is 57.1 Å². The quantitative estimate of drug-likeness (QED) is 0.149. The molecule has 12 heteroatoms. The minimum Gasteiger partial charge on any atom is -0.548 e. The maximum Gasteiger partial charge on any atom is 1.00 e. The third-order valence-corrected chi connectivity index (χ3v) is 6.93. The number of nitrogens with zero attached hydrogens (tertiary/aromatic N) is 1. The van der Waals surface area contributed by atoms with Crippen LogP contribution in [0, 0.1) is 0 Å². The minimum atomic E-state index is -1.34. The van der Waals surface area contributed by atoms with Crippen molar-refractivity contribution in [2.75, 3.05) is 7.11 Å². The Morgan fingerprint density at radius 2 is 1.88 bits per heavy atom. The Balaban J connectivity index is 0.00000385. The number of hydrogen-bond acceptors (Lipinski definition) is 9. The van der Waals surface area contributed by atoms with Gasteiger partial charge in [0.1, 0.15) is 23.2 Å². The van der Waals surface area contributed by atoms with Gasteiger partial charge in [0, 0.05) is 16.5 Å². The van der Waals surface area contributed by atoms with E-state index >= 15 is 0 Å². The SMILES string of the molecule is COC(=O)C=C(C)NC(C(=O)N[C@@H]1C(=O)N2[C@@H]1SC(C)(C)[C@@H]2C(=O)[O-])c1ccc(O)cc1.[K+]. The number of β-lactam (4-membered cyclic amide) rings is 1. The number of rotatable bonds is 7. The number of carbonyl (C=O) groups excluding carboxylic acids is 4. The number of nitrogens with one attached hydrogen (secondary N) is 2. The Bertz CT molecular complexity index is 983. The van der Waals surface area contributed by atoms with E-state index < -0.39 is 52.0 Å². The molecule has 2 aliphatic heterocycles. The second kappa shape index (κ2) is 10.8. The summed E-state index contributed by atoms with van der Waals surface area (Å²) in [4.78, 5) is 50.1. The summed E-state index contributed by atoms with van der Waals surface area (Å²) in [7, 11) is 1.23. The number of carbonyl (C=O) groups is 4. The van der Waals surface area contributed by atoms with E-state index in [1.54, 1.807) is 20.8 Å². The summed E-state index contributed by atoms with van der Waals surface area (Å²) in [5.74, 6) is -2.99. The molecule has 0 spiro atoms. The molecule has 0 bridgehead atoms. The van der Waals surface area contributed by atoms with Crippen molar-refractivity contribution >= 4 is 35.5 Å².